The van der Waals surface area contributed by atoms with Crippen LogP contribution < -0.4 is 15.4 Å². The van der Waals surface area contributed by atoms with Gasteiger partial charge in [0.1, 0.15) is 22.9 Å². The number of aliphatic hydroxyl groups is 1. The molecule has 0 bridgehead atoms. The number of benzene rings is 3. The first kappa shape index (κ1) is 37.4. The van der Waals surface area contributed by atoms with E-state index in [9.17, 15) is 41.9 Å². The van der Waals surface area contributed by atoms with Gasteiger partial charge in [0.05, 0.1) is 24.4 Å². The van der Waals surface area contributed by atoms with Gasteiger partial charge in [-0.3, -0.25) is 19.2 Å². The first-order chi connectivity index (χ1) is 24.6. The van der Waals surface area contributed by atoms with Gasteiger partial charge in [0.2, 0.25) is 21.8 Å². The number of amides is 3. The summed E-state index contributed by atoms with van der Waals surface area (Å²) in [7, 11) is -1.27. The number of hydrogen-bond acceptors (Lipinski definition) is 9. The molecule has 1 aromatic heterocycles. The van der Waals surface area contributed by atoms with Gasteiger partial charge in [-0.05, 0) is 77.9 Å². The minimum absolute atomic E-state index is 0.0270. The molecule has 1 saturated carbocycles. The highest BCUT2D eigenvalue weighted by Gasteiger charge is 2.31. The Kier molecular flexibility index (Phi) is 11.2. The average molecular weight is 735 g/mol. The maximum Gasteiger partial charge on any atom is 0.376 e. The third-order valence-electron chi connectivity index (χ3n) is 8.31. The van der Waals surface area contributed by atoms with Crippen LogP contribution >= 0.6 is 0 Å². The Labute approximate surface area is 297 Å². The number of aliphatic carboxylic acids is 1. The average Bonchev–Trinajstić information content (AvgIpc) is 3.89. The Hall–Kier alpha value is -5.87. The summed E-state index contributed by atoms with van der Waals surface area (Å²) in [5, 5.41) is 24.4. The third kappa shape index (κ3) is 9.07. The fourth-order valence-corrected chi connectivity index (χ4v) is 6.59. The van der Waals surface area contributed by atoms with Crippen LogP contribution in [0.3, 0.4) is 0 Å². The van der Waals surface area contributed by atoms with E-state index in [4.69, 9.17) is 9.52 Å². The number of likely N-dealkylation sites (N-methyl/N-ethyl adjacent to an activating group) is 1. The zero-order valence-electron chi connectivity index (χ0n) is 28.1. The van der Waals surface area contributed by atoms with Crippen molar-refractivity contribution < 1.29 is 51.4 Å². The van der Waals surface area contributed by atoms with E-state index in [0.717, 1.165) is 23.3 Å². The Bertz CT molecular complexity index is 2210. The van der Waals surface area contributed by atoms with Crippen molar-refractivity contribution in [3.05, 3.63) is 100 Å². The molecular weight excluding hydrogens is 699 g/mol. The summed E-state index contributed by atoms with van der Waals surface area (Å²) < 4.78 is 48.4. The zero-order valence-corrected chi connectivity index (χ0v) is 28.9. The summed E-state index contributed by atoms with van der Waals surface area (Å²) in [4.78, 5) is 61.4. The number of nitrogens with one attached hydrogen (secondary N) is 3. The highest BCUT2D eigenvalue weighted by molar-refractivity contribution is 7.88. The van der Waals surface area contributed by atoms with E-state index in [-0.39, 0.29) is 34.9 Å². The fourth-order valence-electron chi connectivity index (χ4n) is 5.49. The molecular formula is C36H35FN4O10S. The number of furan rings is 1. The topological polar surface area (TPSA) is 212 Å². The predicted molar refractivity (Wildman–Crippen MR) is 187 cm³/mol. The summed E-state index contributed by atoms with van der Waals surface area (Å²) in [6.45, 7) is -1.05. The van der Waals surface area contributed by atoms with Gasteiger partial charge in [0, 0.05) is 43.2 Å². The van der Waals surface area contributed by atoms with Crippen LogP contribution in [0.2, 0.25) is 0 Å². The molecule has 14 nitrogen and oxygen atoms in total. The number of hydrogen-bond donors (Lipinski definition) is 5. The molecule has 1 heterocycles. The molecule has 272 valence electrons. The maximum absolute atomic E-state index is 13.6. The van der Waals surface area contributed by atoms with Crippen LogP contribution in [0.1, 0.15) is 51.4 Å². The highest BCUT2D eigenvalue weighted by atomic mass is 32.2. The molecule has 3 aromatic carbocycles. The van der Waals surface area contributed by atoms with Crippen LogP contribution in [0.4, 0.5) is 4.39 Å². The van der Waals surface area contributed by atoms with E-state index in [1.54, 1.807) is 18.2 Å². The highest BCUT2D eigenvalue weighted by Crippen LogP contribution is 2.45. The lowest BCUT2D eigenvalue weighted by Crippen LogP contribution is -2.43. The molecule has 0 radical (unpaired) electrons. The molecule has 0 spiro atoms. The van der Waals surface area contributed by atoms with Gasteiger partial charge < -0.3 is 30.2 Å². The van der Waals surface area contributed by atoms with Crippen molar-refractivity contribution in [3.8, 4) is 11.3 Å². The Morgan fingerprint density at radius 2 is 1.73 bits per heavy atom. The predicted octanol–water partition coefficient (Wildman–Crippen LogP) is 3.22. The fraction of sp³-hybridized carbons (Fsp3) is 0.250. The lowest BCUT2D eigenvalue weighted by Gasteiger charge is -2.17. The first-order valence-electron chi connectivity index (χ1n) is 16.0. The number of carboxylic acid groups (broad SMARTS) is 1. The van der Waals surface area contributed by atoms with Crippen LogP contribution in [-0.2, 0) is 41.5 Å². The van der Waals surface area contributed by atoms with E-state index in [1.807, 2.05) is 0 Å². The monoisotopic (exact) mass is 734 g/mol. The van der Waals surface area contributed by atoms with Crippen LogP contribution in [0.5, 0.6) is 0 Å². The summed E-state index contributed by atoms with van der Waals surface area (Å²) in [6.07, 6.45) is 2.22. The minimum Gasteiger partial charge on any atom is -0.507 e. The van der Waals surface area contributed by atoms with Gasteiger partial charge >= 0.3 is 5.97 Å². The number of ketones is 1. The second kappa shape index (κ2) is 15.6. The van der Waals surface area contributed by atoms with Crippen molar-refractivity contribution in [3.63, 3.8) is 0 Å². The Morgan fingerprint density at radius 3 is 2.38 bits per heavy atom. The van der Waals surface area contributed by atoms with Crippen molar-refractivity contribution in [1.29, 1.82) is 0 Å². The van der Waals surface area contributed by atoms with Crippen LogP contribution in [0.15, 0.2) is 71.2 Å². The molecule has 1 aliphatic carbocycles. The lowest BCUT2D eigenvalue weighted by molar-refractivity contribution is -0.146. The number of halogens is 1. The lowest BCUT2D eigenvalue weighted by atomic mass is 9.98. The molecule has 4 aromatic rings. The maximum atomic E-state index is 13.6. The number of fused-ring (bicyclic) bond motifs is 1. The summed E-state index contributed by atoms with van der Waals surface area (Å²) in [5.41, 5.74) is 2.80. The van der Waals surface area contributed by atoms with Crippen molar-refractivity contribution in [2.24, 2.45) is 0 Å². The Balaban J connectivity index is 1.22. The molecule has 5 rings (SSSR count). The molecule has 5 N–H and O–H groups in total. The number of nitrogens with zero attached hydrogens (tertiary/aromatic N) is 1. The van der Waals surface area contributed by atoms with E-state index in [1.165, 1.54) is 56.6 Å². The molecule has 1 fully saturated rings. The van der Waals surface area contributed by atoms with Gasteiger partial charge in [-0.15, -0.1) is 0 Å². The number of carbonyl (C=O) groups is 5. The van der Waals surface area contributed by atoms with Gasteiger partial charge in [-0.2, -0.15) is 0 Å². The second-order valence-electron chi connectivity index (χ2n) is 12.2. The summed E-state index contributed by atoms with van der Waals surface area (Å²) in [6, 6.07) is 14.8. The quantitative estimate of drug-likeness (QED) is 0.0684. The largest absolute Gasteiger partial charge is 0.507 e. The number of carbonyl (C=O) groups excluding carboxylic acids is 4. The minimum atomic E-state index is -4.08. The number of sulfonamides is 1. The molecule has 0 aliphatic heterocycles. The normalized spacial score (nSPS) is 13.1. The van der Waals surface area contributed by atoms with E-state index >= 15 is 0 Å². The third-order valence-corrected chi connectivity index (χ3v) is 9.59. The van der Waals surface area contributed by atoms with E-state index in [2.05, 4.69) is 15.4 Å². The molecule has 1 aliphatic rings. The van der Waals surface area contributed by atoms with E-state index < -0.39 is 69.9 Å². The van der Waals surface area contributed by atoms with Crippen LogP contribution in [-0.4, -0.2) is 80.2 Å². The van der Waals surface area contributed by atoms with Crippen molar-refractivity contribution >= 4 is 56.2 Å². The van der Waals surface area contributed by atoms with Crippen molar-refractivity contribution in [1.82, 2.24) is 20.3 Å². The molecule has 0 saturated heterocycles. The summed E-state index contributed by atoms with van der Waals surface area (Å²) in [5.74, 6) is -5.92. The van der Waals surface area contributed by atoms with E-state index in [0.29, 0.717) is 28.2 Å². The second-order valence-corrected chi connectivity index (χ2v) is 14.0. The van der Waals surface area contributed by atoms with Gasteiger partial charge in [0.15, 0.2) is 0 Å². The molecule has 52 heavy (non-hydrogen) atoms. The molecule has 16 heteroatoms. The standard InChI is InChI=1S/C36H35FN4O10S/c1-38-35(46)33-27-14-26(21-6-7-21)24(13-30(27)51-34(33)22-8-10-25(37)11-9-22)19-52(49,50)40-17-32(45)41(2)18-31(44)39-16-20-4-3-5-23(12-20)28(42)15-29(43)36(47)48/h3-5,8-15,21,40,42H,6-7,16-19H2,1-2H3,(H,38,46)(H,39,44)(H,47,48). The van der Waals surface area contributed by atoms with Crippen molar-refractivity contribution in [2.45, 2.75) is 31.1 Å². The smallest absolute Gasteiger partial charge is 0.376 e. The SMILES string of the molecule is CNC(=O)c1c(-c2ccc(F)cc2)oc2cc(CS(=O)(=O)NCC(=O)N(C)CC(=O)NCc3cccc(C(O)=CC(=O)C(=O)O)c3)c(C3CC3)cc12. The first-order valence-corrected chi connectivity index (χ1v) is 17.6. The molecule has 3 amide bonds. The van der Waals surface area contributed by atoms with Crippen LogP contribution in [0.25, 0.3) is 28.1 Å². The number of aliphatic hydroxyl groups excluding tert-OH is 1. The van der Waals surface area contributed by atoms with Gasteiger partial charge in [-0.1, -0.05) is 18.2 Å². The molecule has 0 unspecified atom stereocenters. The molecule has 0 atom stereocenters. The van der Waals surface area contributed by atoms with Gasteiger partial charge in [-0.25, -0.2) is 22.3 Å². The van der Waals surface area contributed by atoms with Crippen LogP contribution in [0, 0.1) is 5.82 Å². The van der Waals surface area contributed by atoms with Crippen molar-refractivity contribution in [2.75, 3.05) is 27.2 Å². The number of carboxylic acids is 1. The number of rotatable bonds is 15. The zero-order chi connectivity index (χ0) is 37.7. The summed E-state index contributed by atoms with van der Waals surface area (Å²) >= 11 is 0. The van der Waals surface area contributed by atoms with Gasteiger partial charge in [0.25, 0.3) is 11.7 Å². The Morgan fingerprint density at radius 1 is 1.02 bits per heavy atom.